The SMILES string of the molecule is CCCCCCCCCCCCCCCC(=O)OC[C@H](COP(=O)(O)OC[C@@H](O)COP(=O)(O)OC[C@@H](COC(=O)CCCCCCCCCCC)OC(=O)CCCCCCCCCCC)OC(=O)CCCCCCCCCCCCCC(C)C. The minimum absolute atomic E-state index is 0.106. The highest BCUT2D eigenvalue weighted by Gasteiger charge is 2.30. The first kappa shape index (κ1) is 83.1. The predicted octanol–water partition coefficient (Wildman–Crippen LogP) is 18.6. The van der Waals surface area contributed by atoms with Crippen LogP contribution in [0, 0.1) is 5.92 Å². The molecule has 0 bridgehead atoms. The van der Waals surface area contributed by atoms with Gasteiger partial charge in [0.1, 0.15) is 19.3 Å². The average Bonchev–Trinajstić information content (AvgIpc) is 3.60. The number of aliphatic hydroxyl groups excluding tert-OH is 1. The molecule has 19 heteroatoms. The molecular formula is C66H128O17P2. The van der Waals surface area contributed by atoms with Crippen LogP contribution in [0.5, 0.6) is 0 Å². The minimum Gasteiger partial charge on any atom is -0.462 e. The highest BCUT2D eigenvalue weighted by atomic mass is 31.2. The Morgan fingerprint density at radius 1 is 0.318 bits per heavy atom. The first-order valence-electron chi connectivity index (χ1n) is 34.6. The normalized spacial score (nSPS) is 14.2. The van der Waals surface area contributed by atoms with Gasteiger partial charge in [0.05, 0.1) is 26.4 Å². The molecule has 0 radical (unpaired) electrons. The number of unbranched alkanes of at least 4 members (excludes halogenated alkanes) is 38. The van der Waals surface area contributed by atoms with Crippen LogP contribution in [0.25, 0.3) is 0 Å². The molecule has 0 rings (SSSR count). The van der Waals surface area contributed by atoms with E-state index in [0.29, 0.717) is 25.7 Å². The lowest BCUT2D eigenvalue weighted by atomic mass is 10.0. The Labute approximate surface area is 517 Å². The van der Waals surface area contributed by atoms with Crippen molar-refractivity contribution < 1.29 is 80.2 Å². The first-order valence-corrected chi connectivity index (χ1v) is 37.6. The van der Waals surface area contributed by atoms with E-state index in [9.17, 15) is 43.2 Å². The van der Waals surface area contributed by atoms with E-state index < -0.39 is 97.5 Å². The third-order valence-electron chi connectivity index (χ3n) is 15.3. The van der Waals surface area contributed by atoms with Crippen molar-refractivity contribution in [3.8, 4) is 0 Å². The maximum absolute atomic E-state index is 13.0. The number of phosphoric ester groups is 2. The van der Waals surface area contributed by atoms with Crippen molar-refractivity contribution in [1.29, 1.82) is 0 Å². The fourth-order valence-corrected chi connectivity index (χ4v) is 11.5. The van der Waals surface area contributed by atoms with Crippen LogP contribution in [-0.4, -0.2) is 96.7 Å². The summed E-state index contributed by atoms with van der Waals surface area (Å²) in [6, 6.07) is 0. The zero-order valence-electron chi connectivity index (χ0n) is 54.7. The van der Waals surface area contributed by atoms with Gasteiger partial charge in [-0.2, -0.15) is 0 Å². The van der Waals surface area contributed by atoms with Crippen molar-refractivity contribution in [3.63, 3.8) is 0 Å². The van der Waals surface area contributed by atoms with Gasteiger partial charge in [0, 0.05) is 25.7 Å². The molecule has 0 aliphatic rings. The molecule has 504 valence electrons. The van der Waals surface area contributed by atoms with Gasteiger partial charge in [0.15, 0.2) is 12.2 Å². The molecule has 0 saturated carbocycles. The van der Waals surface area contributed by atoms with E-state index in [2.05, 4.69) is 34.6 Å². The Balaban J connectivity index is 5.22. The zero-order valence-corrected chi connectivity index (χ0v) is 56.5. The van der Waals surface area contributed by atoms with Gasteiger partial charge in [-0.3, -0.25) is 37.3 Å². The van der Waals surface area contributed by atoms with E-state index in [1.807, 2.05) is 0 Å². The van der Waals surface area contributed by atoms with E-state index in [1.54, 1.807) is 0 Å². The van der Waals surface area contributed by atoms with Gasteiger partial charge >= 0.3 is 39.5 Å². The van der Waals surface area contributed by atoms with E-state index in [-0.39, 0.29) is 25.7 Å². The van der Waals surface area contributed by atoms with Crippen molar-refractivity contribution >= 4 is 39.5 Å². The van der Waals surface area contributed by atoms with Gasteiger partial charge < -0.3 is 33.8 Å². The van der Waals surface area contributed by atoms with Crippen LogP contribution in [0.15, 0.2) is 0 Å². The van der Waals surface area contributed by atoms with Crippen molar-refractivity contribution in [2.45, 2.75) is 355 Å². The molecule has 85 heavy (non-hydrogen) atoms. The monoisotopic (exact) mass is 1250 g/mol. The summed E-state index contributed by atoms with van der Waals surface area (Å²) in [5, 5.41) is 10.5. The summed E-state index contributed by atoms with van der Waals surface area (Å²) in [6.45, 7) is 7.19. The van der Waals surface area contributed by atoms with E-state index in [0.717, 1.165) is 95.8 Å². The zero-order chi connectivity index (χ0) is 62.8. The molecule has 5 atom stereocenters. The molecule has 0 aromatic rings. The van der Waals surface area contributed by atoms with Crippen molar-refractivity contribution in [3.05, 3.63) is 0 Å². The third-order valence-corrected chi connectivity index (χ3v) is 17.2. The van der Waals surface area contributed by atoms with Gasteiger partial charge in [-0.05, 0) is 31.6 Å². The Hall–Kier alpha value is -1.94. The second-order valence-electron chi connectivity index (χ2n) is 24.3. The molecular weight excluding hydrogens is 1130 g/mol. The summed E-state index contributed by atoms with van der Waals surface area (Å²) in [4.78, 5) is 72.2. The molecule has 0 aromatic carbocycles. The number of esters is 4. The molecule has 17 nitrogen and oxygen atoms in total. The van der Waals surface area contributed by atoms with Crippen LogP contribution in [0.3, 0.4) is 0 Å². The lowest BCUT2D eigenvalue weighted by molar-refractivity contribution is -0.161. The van der Waals surface area contributed by atoms with Crippen LogP contribution in [0.4, 0.5) is 0 Å². The molecule has 0 aliphatic heterocycles. The van der Waals surface area contributed by atoms with E-state index >= 15 is 0 Å². The average molecular weight is 1260 g/mol. The lowest BCUT2D eigenvalue weighted by Crippen LogP contribution is -2.30. The third kappa shape index (κ3) is 60.7. The van der Waals surface area contributed by atoms with Gasteiger partial charge in [-0.15, -0.1) is 0 Å². The summed E-state index contributed by atoms with van der Waals surface area (Å²) in [5.74, 6) is -1.36. The fraction of sp³-hybridized carbons (Fsp3) is 0.939. The lowest BCUT2D eigenvalue weighted by Gasteiger charge is -2.21. The largest absolute Gasteiger partial charge is 0.472 e. The Bertz CT molecular complexity index is 1650. The summed E-state index contributed by atoms with van der Waals surface area (Å²) in [6.07, 6.45) is 44.3. The van der Waals surface area contributed by atoms with Crippen LogP contribution < -0.4 is 0 Å². The van der Waals surface area contributed by atoms with Crippen LogP contribution in [0.1, 0.15) is 336 Å². The number of hydrogen-bond donors (Lipinski definition) is 3. The van der Waals surface area contributed by atoms with Gasteiger partial charge in [0.2, 0.25) is 0 Å². The summed E-state index contributed by atoms with van der Waals surface area (Å²) >= 11 is 0. The number of aliphatic hydroxyl groups is 1. The van der Waals surface area contributed by atoms with Crippen molar-refractivity contribution in [2.75, 3.05) is 39.6 Å². The maximum atomic E-state index is 13.0. The molecule has 3 N–H and O–H groups in total. The summed E-state index contributed by atoms with van der Waals surface area (Å²) in [5.41, 5.74) is 0. The van der Waals surface area contributed by atoms with Crippen LogP contribution >= 0.6 is 15.6 Å². The molecule has 0 heterocycles. The second kappa shape index (κ2) is 59.7. The standard InChI is InChI=1S/C66H128O17P2/c1-6-9-12-15-18-21-22-23-26-31-35-40-45-50-64(69)77-56-62(83-66(71)52-47-42-37-32-27-24-25-30-33-38-43-48-59(4)5)58-81-85(74,75)79-54-60(67)53-78-84(72,73)80-57-61(82-65(70)51-46-41-36-29-20-17-14-11-8-3)55-76-63(68)49-44-39-34-28-19-16-13-10-7-2/h59-62,67H,6-58H2,1-5H3,(H,72,73)(H,74,75)/t60-,61+,62+/m0/s1. The first-order chi connectivity index (χ1) is 41.0. The Morgan fingerprint density at radius 2 is 0.541 bits per heavy atom. The maximum Gasteiger partial charge on any atom is 0.472 e. The molecule has 0 aliphatic carbocycles. The molecule has 0 amide bonds. The second-order valence-corrected chi connectivity index (χ2v) is 27.2. The topological polar surface area (TPSA) is 237 Å². The summed E-state index contributed by atoms with van der Waals surface area (Å²) in [7, 11) is -9.89. The fourth-order valence-electron chi connectivity index (χ4n) is 9.94. The number of rotatable bonds is 66. The predicted molar refractivity (Wildman–Crippen MR) is 340 cm³/mol. The van der Waals surface area contributed by atoms with Crippen LogP contribution in [0.2, 0.25) is 0 Å². The van der Waals surface area contributed by atoms with Crippen molar-refractivity contribution in [1.82, 2.24) is 0 Å². The van der Waals surface area contributed by atoms with Gasteiger partial charge in [-0.1, -0.05) is 285 Å². The molecule has 0 fully saturated rings. The number of hydrogen-bond acceptors (Lipinski definition) is 15. The Kier molecular flexibility index (Phi) is 58.3. The molecule has 0 spiro atoms. The van der Waals surface area contributed by atoms with Gasteiger partial charge in [0.25, 0.3) is 0 Å². The van der Waals surface area contributed by atoms with E-state index in [1.165, 1.54) is 161 Å². The Morgan fingerprint density at radius 3 is 0.800 bits per heavy atom. The number of ether oxygens (including phenoxy) is 4. The smallest absolute Gasteiger partial charge is 0.462 e. The quantitative estimate of drug-likeness (QED) is 0.0222. The minimum atomic E-state index is -4.95. The van der Waals surface area contributed by atoms with E-state index in [4.69, 9.17) is 37.0 Å². The number of carbonyl (C=O) groups excluding carboxylic acids is 4. The molecule has 2 unspecified atom stereocenters. The molecule has 0 aromatic heterocycles. The van der Waals surface area contributed by atoms with Crippen LogP contribution in [-0.2, 0) is 65.4 Å². The molecule has 0 saturated heterocycles. The highest BCUT2D eigenvalue weighted by Crippen LogP contribution is 2.45. The highest BCUT2D eigenvalue weighted by molar-refractivity contribution is 7.47. The number of phosphoric acid groups is 2. The number of carbonyl (C=O) groups is 4. The van der Waals surface area contributed by atoms with Crippen molar-refractivity contribution in [2.24, 2.45) is 5.92 Å². The summed E-state index contributed by atoms with van der Waals surface area (Å²) < 4.78 is 68.0. The van der Waals surface area contributed by atoms with Gasteiger partial charge in [-0.25, -0.2) is 9.13 Å².